The molecule has 0 saturated heterocycles. The number of carbonyl (C=O) groups is 1. The first-order chi connectivity index (χ1) is 11.0. The topological polar surface area (TPSA) is 65.1 Å². The Hall–Kier alpha value is -2.01. The monoisotopic (exact) mass is 348 g/mol. The zero-order valence-electron chi connectivity index (χ0n) is 12.3. The number of halogens is 2. The number of benzene rings is 2. The highest BCUT2D eigenvalue weighted by Crippen LogP contribution is 2.30. The predicted molar refractivity (Wildman–Crippen MR) is 93.4 cm³/mol. The third-order valence-corrected chi connectivity index (χ3v) is 4.28. The summed E-state index contributed by atoms with van der Waals surface area (Å²) in [6.45, 7) is 1.79. The standard InChI is InChI=1S/C17H14Cl2N2O2/c1-9-2-3-10(8-22)6-14(9)21-17(23)16-15(19)12-7-11(18)4-5-13(12)20-16/h2-7,20,22H,8H2,1H3,(H,21,23). The second-order valence-corrected chi connectivity index (χ2v) is 6.08. The van der Waals surface area contributed by atoms with Gasteiger partial charge in [0.05, 0.1) is 11.6 Å². The van der Waals surface area contributed by atoms with Crippen LogP contribution in [0.15, 0.2) is 36.4 Å². The van der Waals surface area contributed by atoms with Gasteiger partial charge in [0.2, 0.25) is 0 Å². The van der Waals surface area contributed by atoms with E-state index in [1.807, 2.05) is 19.1 Å². The Morgan fingerprint density at radius 3 is 2.74 bits per heavy atom. The minimum Gasteiger partial charge on any atom is -0.392 e. The van der Waals surface area contributed by atoms with E-state index in [4.69, 9.17) is 23.2 Å². The van der Waals surface area contributed by atoms with E-state index in [1.54, 1.807) is 24.3 Å². The van der Waals surface area contributed by atoms with E-state index in [0.717, 1.165) is 16.6 Å². The highest BCUT2D eigenvalue weighted by atomic mass is 35.5. The maximum Gasteiger partial charge on any atom is 0.273 e. The number of carbonyl (C=O) groups excluding carboxylic acids is 1. The molecule has 1 aromatic heterocycles. The third-order valence-electron chi connectivity index (χ3n) is 3.66. The van der Waals surface area contributed by atoms with Crippen LogP contribution in [-0.2, 0) is 6.61 Å². The van der Waals surface area contributed by atoms with E-state index >= 15 is 0 Å². The van der Waals surface area contributed by atoms with Gasteiger partial charge < -0.3 is 15.4 Å². The number of anilines is 1. The van der Waals surface area contributed by atoms with Crippen molar-refractivity contribution in [3.05, 3.63) is 63.3 Å². The summed E-state index contributed by atoms with van der Waals surface area (Å²) >= 11 is 12.3. The first-order valence-corrected chi connectivity index (χ1v) is 7.73. The molecule has 3 rings (SSSR count). The van der Waals surface area contributed by atoms with Crippen molar-refractivity contribution in [2.75, 3.05) is 5.32 Å². The van der Waals surface area contributed by atoms with Gasteiger partial charge in [0.25, 0.3) is 5.91 Å². The number of rotatable bonds is 3. The number of hydrogen-bond acceptors (Lipinski definition) is 2. The van der Waals surface area contributed by atoms with Crippen LogP contribution in [0.25, 0.3) is 10.9 Å². The summed E-state index contributed by atoms with van der Waals surface area (Å²) in [5.41, 5.74) is 3.27. The smallest absolute Gasteiger partial charge is 0.273 e. The third kappa shape index (κ3) is 3.06. The molecule has 0 unspecified atom stereocenters. The number of aromatic nitrogens is 1. The van der Waals surface area contributed by atoms with Crippen LogP contribution in [0.5, 0.6) is 0 Å². The van der Waals surface area contributed by atoms with Gasteiger partial charge in [-0.25, -0.2) is 0 Å². The van der Waals surface area contributed by atoms with Crippen LogP contribution < -0.4 is 5.32 Å². The molecule has 0 aliphatic rings. The second-order valence-electron chi connectivity index (χ2n) is 5.27. The molecule has 118 valence electrons. The van der Waals surface area contributed by atoms with Crippen LogP contribution in [0.2, 0.25) is 10.0 Å². The van der Waals surface area contributed by atoms with E-state index < -0.39 is 0 Å². The maximum absolute atomic E-state index is 12.5. The molecule has 6 heteroatoms. The first-order valence-electron chi connectivity index (χ1n) is 6.98. The van der Waals surface area contributed by atoms with Gasteiger partial charge in [-0.05, 0) is 42.3 Å². The molecule has 0 radical (unpaired) electrons. The summed E-state index contributed by atoms with van der Waals surface area (Å²) < 4.78 is 0. The number of H-pyrrole nitrogens is 1. The quantitative estimate of drug-likeness (QED) is 0.651. The molecule has 1 heterocycles. The van der Waals surface area contributed by atoms with E-state index in [1.165, 1.54) is 0 Å². The summed E-state index contributed by atoms with van der Waals surface area (Å²) in [5.74, 6) is -0.347. The number of amides is 1. The van der Waals surface area contributed by atoms with Crippen LogP contribution in [0.3, 0.4) is 0 Å². The molecule has 23 heavy (non-hydrogen) atoms. The Balaban J connectivity index is 1.96. The molecule has 0 atom stereocenters. The van der Waals surface area contributed by atoms with Crippen molar-refractivity contribution in [2.45, 2.75) is 13.5 Å². The molecule has 0 aliphatic heterocycles. The minimum absolute atomic E-state index is 0.0885. The lowest BCUT2D eigenvalue weighted by molar-refractivity contribution is 0.102. The molecule has 3 N–H and O–H groups in total. The van der Waals surface area contributed by atoms with Gasteiger partial charge in [-0.3, -0.25) is 4.79 Å². The number of aliphatic hydroxyl groups excluding tert-OH is 1. The molecule has 0 saturated carbocycles. The molecule has 2 aromatic carbocycles. The Kier molecular flexibility index (Phi) is 4.31. The zero-order valence-corrected chi connectivity index (χ0v) is 13.8. The normalized spacial score (nSPS) is 11.0. The molecule has 4 nitrogen and oxygen atoms in total. The lowest BCUT2D eigenvalue weighted by Crippen LogP contribution is -2.14. The van der Waals surface area contributed by atoms with Crippen molar-refractivity contribution in [2.24, 2.45) is 0 Å². The number of fused-ring (bicyclic) bond motifs is 1. The van der Waals surface area contributed by atoms with Gasteiger partial charge in [0.1, 0.15) is 5.69 Å². The van der Waals surface area contributed by atoms with Gasteiger partial charge in [-0.1, -0.05) is 35.3 Å². The minimum atomic E-state index is -0.347. The predicted octanol–water partition coefficient (Wildman–Crippen LogP) is 4.53. The van der Waals surface area contributed by atoms with Gasteiger partial charge in [0, 0.05) is 21.6 Å². The first kappa shape index (κ1) is 15.9. The number of hydrogen-bond donors (Lipinski definition) is 3. The Morgan fingerprint density at radius 2 is 2.00 bits per heavy atom. The molecule has 0 aliphatic carbocycles. The van der Waals surface area contributed by atoms with Crippen molar-refractivity contribution in [1.82, 2.24) is 4.98 Å². The number of nitrogens with one attached hydrogen (secondary N) is 2. The summed E-state index contributed by atoms with van der Waals surface area (Å²) in [4.78, 5) is 15.5. The molecule has 0 bridgehead atoms. The summed E-state index contributed by atoms with van der Waals surface area (Å²) in [6.07, 6.45) is 0. The lowest BCUT2D eigenvalue weighted by Gasteiger charge is -2.09. The fourth-order valence-corrected chi connectivity index (χ4v) is 2.84. The van der Waals surface area contributed by atoms with Crippen LogP contribution >= 0.6 is 23.2 Å². The van der Waals surface area contributed by atoms with Crippen molar-refractivity contribution < 1.29 is 9.90 Å². The Bertz CT molecular complexity index is 903. The van der Waals surface area contributed by atoms with Gasteiger partial charge >= 0.3 is 0 Å². The van der Waals surface area contributed by atoms with Gasteiger partial charge in [-0.15, -0.1) is 0 Å². The highest BCUT2D eigenvalue weighted by molar-refractivity contribution is 6.40. The average Bonchev–Trinajstić information content (AvgIpc) is 2.86. The largest absolute Gasteiger partial charge is 0.392 e. The molecule has 3 aromatic rings. The van der Waals surface area contributed by atoms with Crippen LogP contribution in [0.1, 0.15) is 21.6 Å². The highest BCUT2D eigenvalue weighted by Gasteiger charge is 2.17. The van der Waals surface area contributed by atoms with Crippen LogP contribution in [0, 0.1) is 6.92 Å². The lowest BCUT2D eigenvalue weighted by atomic mass is 10.1. The van der Waals surface area contributed by atoms with Gasteiger partial charge in [-0.2, -0.15) is 0 Å². The average molecular weight is 349 g/mol. The second kappa shape index (κ2) is 6.24. The van der Waals surface area contributed by atoms with Crippen LogP contribution in [0.4, 0.5) is 5.69 Å². The van der Waals surface area contributed by atoms with E-state index in [0.29, 0.717) is 21.1 Å². The number of aryl methyl sites for hydroxylation is 1. The number of aromatic amines is 1. The summed E-state index contributed by atoms with van der Waals surface area (Å²) in [7, 11) is 0. The molecular formula is C17H14Cl2N2O2. The number of aliphatic hydroxyl groups is 1. The van der Waals surface area contributed by atoms with Crippen molar-refractivity contribution in [3.8, 4) is 0 Å². The SMILES string of the molecule is Cc1ccc(CO)cc1NC(=O)c1[nH]c2ccc(Cl)cc2c1Cl. The van der Waals surface area contributed by atoms with E-state index in [2.05, 4.69) is 10.3 Å². The maximum atomic E-state index is 12.5. The Morgan fingerprint density at radius 1 is 1.22 bits per heavy atom. The summed E-state index contributed by atoms with van der Waals surface area (Å²) in [6, 6.07) is 10.6. The van der Waals surface area contributed by atoms with Gasteiger partial charge in [0.15, 0.2) is 0 Å². The molecule has 0 fully saturated rings. The van der Waals surface area contributed by atoms with Crippen LogP contribution in [-0.4, -0.2) is 16.0 Å². The van der Waals surface area contributed by atoms with Crippen molar-refractivity contribution in [3.63, 3.8) is 0 Å². The fourth-order valence-electron chi connectivity index (χ4n) is 2.37. The molecule has 1 amide bonds. The molecular weight excluding hydrogens is 335 g/mol. The van der Waals surface area contributed by atoms with E-state index in [-0.39, 0.29) is 18.2 Å². The fraction of sp³-hybridized carbons (Fsp3) is 0.118. The molecule has 0 spiro atoms. The Labute approximate surface area is 143 Å². The van der Waals surface area contributed by atoms with E-state index in [9.17, 15) is 9.90 Å². The zero-order chi connectivity index (χ0) is 16.6. The summed E-state index contributed by atoms with van der Waals surface area (Å²) in [5, 5.41) is 13.6. The van der Waals surface area contributed by atoms with Crippen molar-refractivity contribution >= 4 is 45.7 Å². The van der Waals surface area contributed by atoms with Crippen molar-refractivity contribution in [1.29, 1.82) is 0 Å².